The molecule has 0 aliphatic rings. The summed E-state index contributed by atoms with van der Waals surface area (Å²) < 4.78 is 27.7. The number of anilines is 2. The number of carbonyl (C=O) groups is 1. The van der Waals surface area contributed by atoms with Crippen molar-refractivity contribution in [1.29, 1.82) is 0 Å². The Kier molecular flexibility index (Phi) is 6.46. The molecule has 3 aromatic carbocycles. The van der Waals surface area contributed by atoms with Crippen LogP contribution in [0.4, 0.5) is 11.4 Å². The van der Waals surface area contributed by atoms with Gasteiger partial charge in [0.15, 0.2) is 5.78 Å². The summed E-state index contributed by atoms with van der Waals surface area (Å²) in [4.78, 5) is 12.5. The largest absolute Gasteiger partial charge is 0.360 e. The summed E-state index contributed by atoms with van der Waals surface area (Å²) in [7, 11) is -3.71. The minimum Gasteiger partial charge on any atom is -0.360 e. The van der Waals surface area contributed by atoms with Crippen LogP contribution in [0.5, 0.6) is 0 Å². The molecule has 0 aromatic heterocycles. The lowest BCUT2D eigenvalue weighted by Gasteiger charge is -2.12. The second-order valence-corrected chi connectivity index (χ2v) is 8.04. The number of ketones is 1. The lowest BCUT2D eigenvalue weighted by atomic mass is 10.1. The maximum Gasteiger partial charge on any atom is 0.261 e. The van der Waals surface area contributed by atoms with Crippen LogP contribution in [0, 0.1) is 0 Å². The summed E-state index contributed by atoms with van der Waals surface area (Å²) in [6.07, 6.45) is 3.84. The summed E-state index contributed by atoms with van der Waals surface area (Å²) in [6, 6.07) is 22.5. The normalized spacial score (nSPS) is 11.3. The third-order valence-corrected chi connectivity index (χ3v) is 5.73. The second kappa shape index (κ2) is 9.21. The van der Waals surface area contributed by atoms with E-state index < -0.39 is 10.0 Å². The fourth-order valence-corrected chi connectivity index (χ4v) is 3.81. The van der Waals surface area contributed by atoms with Crippen molar-refractivity contribution in [2.24, 2.45) is 0 Å². The number of carbonyl (C=O) groups excluding carboxylic acids is 1. The number of benzene rings is 3. The van der Waals surface area contributed by atoms with E-state index in [-0.39, 0.29) is 10.7 Å². The number of rotatable bonds is 8. The monoisotopic (exact) mass is 406 g/mol. The molecule has 0 aliphatic heterocycles. The highest BCUT2D eigenvalue weighted by Crippen LogP contribution is 2.24. The highest BCUT2D eigenvalue weighted by Gasteiger charge is 2.15. The Morgan fingerprint density at radius 1 is 0.862 bits per heavy atom. The zero-order valence-corrected chi connectivity index (χ0v) is 16.8. The molecule has 0 spiro atoms. The van der Waals surface area contributed by atoms with Gasteiger partial charge in [-0.25, -0.2) is 8.42 Å². The van der Waals surface area contributed by atoms with Crippen LogP contribution in [-0.4, -0.2) is 14.2 Å². The van der Waals surface area contributed by atoms with Gasteiger partial charge in [-0.15, -0.1) is 0 Å². The minimum absolute atomic E-state index is 0.137. The van der Waals surface area contributed by atoms with E-state index in [1.54, 1.807) is 54.6 Å². The van der Waals surface area contributed by atoms with Gasteiger partial charge in [0.2, 0.25) is 0 Å². The van der Waals surface area contributed by atoms with Gasteiger partial charge in [0.25, 0.3) is 10.0 Å². The molecule has 0 fully saturated rings. The first-order chi connectivity index (χ1) is 14.0. The van der Waals surface area contributed by atoms with E-state index in [0.717, 1.165) is 6.42 Å². The van der Waals surface area contributed by atoms with Gasteiger partial charge in [-0.2, -0.15) is 0 Å². The van der Waals surface area contributed by atoms with E-state index in [2.05, 4.69) is 17.0 Å². The summed E-state index contributed by atoms with van der Waals surface area (Å²) >= 11 is 0. The molecule has 3 rings (SSSR count). The van der Waals surface area contributed by atoms with Gasteiger partial charge in [-0.05, 0) is 36.2 Å². The SMILES string of the molecule is CCc1ccc(C(=O)C=CNc2ccccc2NS(=O)(=O)c2ccccc2)cc1. The third-order valence-electron chi connectivity index (χ3n) is 4.35. The highest BCUT2D eigenvalue weighted by atomic mass is 32.2. The van der Waals surface area contributed by atoms with Crippen molar-refractivity contribution in [3.05, 3.63) is 102 Å². The minimum atomic E-state index is -3.71. The molecule has 148 valence electrons. The van der Waals surface area contributed by atoms with Crippen molar-refractivity contribution in [3.8, 4) is 0 Å². The third kappa shape index (κ3) is 5.33. The Balaban J connectivity index is 1.72. The molecule has 0 atom stereocenters. The molecule has 0 saturated heterocycles. The average Bonchev–Trinajstić information content (AvgIpc) is 2.75. The summed E-state index contributed by atoms with van der Waals surface area (Å²) in [6.45, 7) is 2.06. The standard InChI is InChI=1S/C23H22N2O3S/c1-2-18-12-14-19(15-13-18)23(26)16-17-24-21-10-6-7-11-22(21)25-29(27,28)20-8-4-3-5-9-20/h3-17,24-25H,2H2,1H3. The fourth-order valence-electron chi connectivity index (χ4n) is 2.71. The predicted molar refractivity (Wildman–Crippen MR) is 117 cm³/mol. The van der Waals surface area contributed by atoms with Crippen molar-refractivity contribution in [2.75, 3.05) is 10.0 Å². The summed E-state index contributed by atoms with van der Waals surface area (Å²) in [5, 5.41) is 2.98. The van der Waals surface area contributed by atoms with Gasteiger partial charge in [0.1, 0.15) is 0 Å². The van der Waals surface area contributed by atoms with Crippen molar-refractivity contribution in [3.63, 3.8) is 0 Å². The van der Waals surface area contributed by atoms with Crippen molar-refractivity contribution < 1.29 is 13.2 Å². The Labute approximate surface area is 171 Å². The Morgan fingerprint density at radius 2 is 1.48 bits per heavy atom. The van der Waals surface area contributed by atoms with Crippen LogP contribution < -0.4 is 10.0 Å². The lowest BCUT2D eigenvalue weighted by molar-refractivity contribution is 0.104. The predicted octanol–water partition coefficient (Wildman–Crippen LogP) is 4.86. The zero-order chi connectivity index (χ0) is 20.7. The van der Waals surface area contributed by atoms with Crippen LogP contribution in [0.1, 0.15) is 22.8 Å². The number of allylic oxidation sites excluding steroid dienone is 1. The molecule has 0 bridgehead atoms. The molecule has 29 heavy (non-hydrogen) atoms. The summed E-state index contributed by atoms with van der Waals surface area (Å²) in [5.41, 5.74) is 2.69. The van der Waals surface area contributed by atoms with Gasteiger partial charge in [-0.3, -0.25) is 9.52 Å². The highest BCUT2D eigenvalue weighted by molar-refractivity contribution is 7.92. The molecule has 2 N–H and O–H groups in total. The van der Waals surface area contributed by atoms with Crippen molar-refractivity contribution >= 4 is 27.2 Å². The Bertz CT molecular complexity index is 1110. The topological polar surface area (TPSA) is 75.3 Å². The average molecular weight is 407 g/mol. The molecule has 0 radical (unpaired) electrons. The van der Waals surface area contributed by atoms with Crippen molar-refractivity contribution in [2.45, 2.75) is 18.2 Å². The van der Waals surface area contributed by atoms with Gasteiger partial charge >= 0.3 is 0 Å². The molecule has 3 aromatic rings. The molecular formula is C23H22N2O3S. The maximum atomic E-state index is 12.6. The maximum absolute atomic E-state index is 12.6. The molecule has 5 nitrogen and oxygen atoms in total. The number of sulfonamides is 1. The Hall–Kier alpha value is -3.38. The van der Waals surface area contributed by atoms with E-state index in [4.69, 9.17) is 0 Å². The van der Waals surface area contributed by atoms with E-state index in [1.165, 1.54) is 30.0 Å². The van der Waals surface area contributed by atoms with E-state index >= 15 is 0 Å². The first-order valence-electron chi connectivity index (χ1n) is 9.23. The number of aryl methyl sites for hydroxylation is 1. The molecular weight excluding hydrogens is 384 g/mol. The van der Waals surface area contributed by atoms with Crippen LogP contribution in [0.2, 0.25) is 0 Å². The zero-order valence-electron chi connectivity index (χ0n) is 16.0. The second-order valence-electron chi connectivity index (χ2n) is 6.36. The molecule has 0 unspecified atom stereocenters. The molecule has 0 saturated carbocycles. The molecule has 6 heteroatoms. The molecule has 0 aliphatic carbocycles. The van der Waals surface area contributed by atoms with Crippen molar-refractivity contribution in [1.82, 2.24) is 0 Å². The van der Waals surface area contributed by atoms with Crippen LogP contribution in [0.15, 0.2) is 96.0 Å². The first-order valence-corrected chi connectivity index (χ1v) is 10.7. The number of nitrogens with one attached hydrogen (secondary N) is 2. The van der Waals surface area contributed by atoms with Crippen LogP contribution in [-0.2, 0) is 16.4 Å². The summed E-state index contributed by atoms with van der Waals surface area (Å²) in [5.74, 6) is -0.137. The van der Waals surface area contributed by atoms with Crippen LogP contribution in [0.25, 0.3) is 0 Å². The van der Waals surface area contributed by atoms with Gasteiger partial charge in [0.05, 0.1) is 16.3 Å². The van der Waals surface area contributed by atoms with Crippen LogP contribution >= 0.6 is 0 Å². The quantitative estimate of drug-likeness (QED) is 0.414. The van der Waals surface area contributed by atoms with Gasteiger partial charge < -0.3 is 5.32 Å². The lowest BCUT2D eigenvalue weighted by Crippen LogP contribution is -2.13. The number of hydrogen-bond donors (Lipinski definition) is 2. The number of para-hydroxylation sites is 2. The van der Waals surface area contributed by atoms with Crippen LogP contribution in [0.3, 0.4) is 0 Å². The number of hydrogen-bond acceptors (Lipinski definition) is 4. The van der Waals surface area contributed by atoms with E-state index in [0.29, 0.717) is 16.9 Å². The molecule has 0 amide bonds. The fraction of sp³-hybridized carbons (Fsp3) is 0.0870. The molecule has 0 heterocycles. The van der Waals surface area contributed by atoms with Gasteiger partial charge in [-0.1, -0.05) is 61.5 Å². The smallest absolute Gasteiger partial charge is 0.261 e. The van der Waals surface area contributed by atoms with E-state index in [1.807, 2.05) is 12.1 Å². The first kappa shape index (κ1) is 20.4. The van der Waals surface area contributed by atoms with E-state index in [9.17, 15) is 13.2 Å². The Morgan fingerprint density at radius 3 is 2.14 bits per heavy atom. The van der Waals surface area contributed by atoms with Gasteiger partial charge in [0, 0.05) is 17.8 Å².